The third kappa shape index (κ3) is 4.82. The van der Waals surface area contributed by atoms with Crippen LogP contribution in [0.3, 0.4) is 0 Å². The van der Waals surface area contributed by atoms with Crippen LogP contribution in [0, 0.1) is 0 Å². The molecule has 0 radical (unpaired) electrons. The van der Waals surface area contributed by atoms with Crippen molar-refractivity contribution in [3.63, 3.8) is 0 Å². The van der Waals surface area contributed by atoms with E-state index in [2.05, 4.69) is 30.3 Å². The molecule has 0 unspecified atom stereocenters. The Bertz CT molecular complexity index is 1030. The minimum atomic E-state index is -0.389. The maximum atomic E-state index is 13.2. The summed E-state index contributed by atoms with van der Waals surface area (Å²) in [7, 11) is 0. The van der Waals surface area contributed by atoms with E-state index < -0.39 is 0 Å². The van der Waals surface area contributed by atoms with Crippen molar-refractivity contribution in [3.05, 3.63) is 94.9 Å². The molecule has 2 heterocycles. The van der Waals surface area contributed by atoms with E-state index in [9.17, 15) is 4.79 Å². The highest BCUT2D eigenvalue weighted by atomic mass is 16.6. The van der Waals surface area contributed by atoms with E-state index in [1.54, 1.807) is 35.3 Å². The van der Waals surface area contributed by atoms with E-state index in [0.29, 0.717) is 12.3 Å². The van der Waals surface area contributed by atoms with Crippen LogP contribution in [0.25, 0.3) is 12.2 Å². The number of carbonyl (C=O) groups is 1. The van der Waals surface area contributed by atoms with Gasteiger partial charge >= 0.3 is 6.09 Å². The SMILES string of the molecule is C=C/C=C\C(=C/C)OC(=O)N1CCc2c([nH]c(=C/C)/c2=C\C)[C@@H]1/C(C=C)=C/C=C\C. The molecule has 1 aromatic heterocycles. The number of carbonyl (C=O) groups excluding carboxylic acids is 1. The predicted molar refractivity (Wildman–Crippen MR) is 126 cm³/mol. The largest absolute Gasteiger partial charge is 0.416 e. The average Bonchev–Trinajstić information content (AvgIpc) is 3.14. The molecule has 1 aromatic rings. The lowest BCUT2D eigenvalue weighted by Gasteiger charge is -2.35. The van der Waals surface area contributed by atoms with Crippen LogP contribution in [0.2, 0.25) is 0 Å². The number of nitrogens with one attached hydrogen (secondary N) is 1. The van der Waals surface area contributed by atoms with Gasteiger partial charge in [-0.2, -0.15) is 0 Å². The number of hydrogen-bond acceptors (Lipinski definition) is 2. The lowest BCUT2D eigenvalue weighted by Crippen LogP contribution is -2.41. The van der Waals surface area contributed by atoms with Crippen LogP contribution >= 0.6 is 0 Å². The van der Waals surface area contributed by atoms with Gasteiger partial charge < -0.3 is 9.72 Å². The number of hydrogen-bond donors (Lipinski definition) is 1. The Morgan fingerprint density at radius 2 is 1.93 bits per heavy atom. The molecule has 2 rings (SSSR count). The van der Waals surface area contributed by atoms with E-state index in [-0.39, 0.29) is 12.1 Å². The van der Waals surface area contributed by atoms with E-state index in [4.69, 9.17) is 4.74 Å². The van der Waals surface area contributed by atoms with Crippen LogP contribution in [0.4, 0.5) is 4.79 Å². The van der Waals surface area contributed by atoms with Crippen molar-refractivity contribution >= 4 is 18.2 Å². The molecule has 30 heavy (non-hydrogen) atoms. The van der Waals surface area contributed by atoms with Crippen molar-refractivity contribution in [2.75, 3.05) is 6.54 Å². The van der Waals surface area contributed by atoms with Gasteiger partial charge in [0.1, 0.15) is 11.8 Å². The van der Waals surface area contributed by atoms with E-state index in [0.717, 1.165) is 23.0 Å². The van der Waals surface area contributed by atoms with Gasteiger partial charge in [0.05, 0.1) is 0 Å². The Morgan fingerprint density at radius 1 is 1.17 bits per heavy atom. The summed E-state index contributed by atoms with van der Waals surface area (Å²) in [6, 6.07) is -0.302. The van der Waals surface area contributed by atoms with Gasteiger partial charge in [-0.25, -0.2) is 4.79 Å². The second kappa shape index (κ2) is 11.1. The number of aromatic nitrogens is 1. The van der Waals surface area contributed by atoms with Gasteiger partial charge in [0.25, 0.3) is 0 Å². The fraction of sp³-hybridized carbons (Fsp3) is 0.269. The highest BCUT2D eigenvalue weighted by molar-refractivity contribution is 5.71. The number of nitrogens with zero attached hydrogens (tertiary/aromatic N) is 1. The Labute approximate surface area is 179 Å². The summed E-state index contributed by atoms with van der Waals surface area (Å²) in [6.07, 6.45) is 19.1. The van der Waals surface area contributed by atoms with Crippen LogP contribution in [0.1, 0.15) is 45.0 Å². The van der Waals surface area contributed by atoms with Gasteiger partial charge in [-0.05, 0) is 62.6 Å². The number of fused-ring (bicyclic) bond motifs is 1. The Balaban J connectivity index is 2.59. The molecule has 0 spiro atoms. The molecule has 0 aromatic carbocycles. The molecule has 0 fully saturated rings. The van der Waals surface area contributed by atoms with Gasteiger partial charge in [0.2, 0.25) is 0 Å². The zero-order chi connectivity index (χ0) is 22.1. The second-order valence-electron chi connectivity index (χ2n) is 6.82. The normalized spacial score (nSPS) is 18.9. The first-order valence-corrected chi connectivity index (χ1v) is 10.3. The van der Waals surface area contributed by atoms with Crippen LogP contribution in [-0.4, -0.2) is 22.5 Å². The summed E-state index contributed by atoms with van der Waals surface area (Å²) in [5.74, 6) is 0.485. The topological polar surface area (TPSA) is 45.3 Å². The second-order valence-corrected chi connectivity index (χ2v) is 6.82. The van der Waals surface area contributed by atoms with Crippen LogP contribution in [-0.2, 0) is 11.2 Å². The molecule has 4 heteroatoms. The smallest absolute Gasteiger partial charge is 0.411 e. The summed E-state index contributed by atoms with van der Waals surface area (Å²) < 4.78 is 5.68. The zero-order valence-electron chi connectivity index (χ0n) is 18.4. The minimum Gasteiger partial charge on any atom is -0.411 e. The molecule has 1 aliphatic heterocycles. The predicted octanol–water partition coefficient (Wildman–Crippen LogP) is 4.99. The monoisotopic (exact) mass is 404 g/mol. The van der Waals surface area contributed by atoms with Crippen LogP contribution in [0.15, 0.2) is 73.1 Å². The van der Waals surface area contributed by atoms with Gasteiger partial charge in [-0.15, -0.1) is 0 Å². The highest BCUT2D eigenvalue weighted by Gasteiger charge is 2.35. The lowest BCUT2D eigenvalue weighted by atomic mass is 9.92. The molecule has 158 valence electrons. The highest BCUT2D eigenvalue weighted by Crippen LogP contribution is 2.34. The van der Waals surface area contributed by atoms with Crippen molar-refractivity contribution < 1.29 is 9.53 Å². The molecule has 1 N–H and O–H groups in total. The first-order valence-electron chi connectivity index (χ1n) is 10.3. The molecule has 0 saturated heterocycles. The number of H-pyrrole nitrogens is 1. The molecule has 4 nitrogen and oxygen atoms in total. The minimum absolute atomic E-state index is 0.302. The Hall–Kier alpha value is -3.27. The average molecular weight is 405 g/mol. The maximum absolute atomic E-state index is 13.2. The summed E-state index contributed by atoms with van der Waals surface area (Å²) in [5.41, 5.74) is 3.19. The van der Waals surface area contributed by atoms with Gasteiger partial charge in [0, 0.05) is 17.6 Å². The summed E-state index contributed by atoms with van der Waals surface area (Å²) in [4.78, 5) is 18.5. The molecule has 0 aliphatic carbocycles. The van der Waals surface area contributed by atoms with E-state index in [1.807, 2.05) is 45.9 Å². The fourth-order valence-electron chi connectivity index (χ4n) is 3.71. The maximum Gasteiger partial charge on any atom is 0.416 e. The van der Waals surface area contributed by atoms with Crippen LogP contribution < -0.4 is 10.6 Å². The number of rotatable bonds is 6. The molecule has 0 bridgehead atoms. The first kappa shape index (κ1) is 23.0. The van der Waals surface area contributed by atoms with Gasteiger partial charge in [-0.3, -0.25) is 4.90 Å². The number of ether oxygens (including phenoxy) is 1. The standard InChI is InChI=1S/C26H32N2O2/c1-7-13-15-19(9-3)25-24-22(21(11-5)23(12-6)27-24)17-18-28(25)26(29)30-20(10-4)16-14-8-2/h7-16,25,27H,2-3,17-18H2,1,4-6H3/b13-7-,16-14-,19-15+,20-10+,21-11-,23-12+/t25-/m0/s1. The molecule has 0 saturated carbocycles. The first-order chi connectivity index (χ1) is 14.6. The van der Waals surface area contributed by atoms with E-state index in [1.165, 1.54) is 10.8 Å². The van der Waals surface area contributed by atoms with Crippen molar-refractivity contribution in [2.24, 2.45) is 0 Å². The Kier molecular flexibility index (Phi) is 8.48. The van der Waals surface area contributed by atoms with E-state index >= 15 is 0 Å². The molecular weight excluding hydrogens is 372 g/mol. The zero-order valence-corrected chi connectivity index (χ0v) is 18.4. The molecular formula is C26H32N2O2. The van der Waals surface area contributed by atoms with Gasteiger partial charge in [-0.1, -0.05) is 61.8 Å². The Morgan fingerprint density at radius 3 is 2.50 bits per heavy atom. The van der Waals surface area contributed by atoms with Crippen molar-refractivity contribution in [2.45, 2.75) is 40.2 Å². The fourth-order valence-corrected chi connectivity index (χ4v) is 3.71. The number of allylic oxidation sites excluding steroid dienone is 7. The van der Waals surface area contributed by atoms with Crippen LogP contribution in [0.5, 0.6) is 0 Å². The molecule has 1 aliphatic rings. The van der Waals surface area contributed by atoms with Gasteiger partial charge in [0.15, 0.2) is 0 Å². The van der Waals surface area contributed by atoms with Crippen molar-refractivity contribution in [3.8, 4) is 0 Å². The van der Waals surface area contributed by atoms with Crippen molar-refractivity contribution in [1.29, 1.82) is 0 Å². The molecule has 1 amide bonds. The molecule has 1 atom stereocenters. The third-order valence-electron chi connectivity index (χ3n) is 5.13. The van der Waals surface area contributed by atoms with Crippen molar-refractivity contribution in [1.82, 2.24) is 9.88 Å². The summed E-state index contributed by atoms with van der Waals surface area (Å²) in [6.45, 7) is 16.1. The summed E-state index contributed by atoms with van der Waals surface area (Å²) in [5, 5.41) is 2.27. The summed E-state index contributed by atoms with van der Waals surface area (Å²) >= 11 is 0. The number of amides is 1. The third-order valence-corrected chi connectivity index (χ3v) is 5.13. The lowest BCUT2D eigenvalue weighted by molar-refractivity contribution is 0.115. The number of aromatic amines is 1. The quantitative estimate of drug-likeness (QED) is 0.536.